The molecule has 0 bridgehead atoms. The van der Waals surface area contributed by atoms with E-state index in [1.165, 1.54) is 6.33 Å². The summed E-state index contributed by atoms with van der Waals surface area (Å²) in [7, 11) is 0. The molecule has 0 saturated carbocycles. The summed E-state index contributed by atoms with van der Waals surface area (Å²) in [5.41, 5.74) is 6.79. The van der Waals surface area contributed by atoms with Gasteiger partial charge in [-0.15, -0.1) is 10.2 Å². The Morgan fingerprint density at radius 2 is 2.05 bits per heavy atom. The molecule has 1 aromatic carbocycles. The summed E-state index contributed by atoms with van der Waals surface area (Å²) < 4.78 is 7.43. The highest BCUT2D eigenvalue weighted by atomic mass is 16.4. The zero-order valence-corrected chi connectivity index (χ0v) is 12.4. The minimum atomic E-state index is -0.695. The first kappa shape index (κ1) is 14.4. The third-order valence-corrected chi connectivity index (χ3v) is 3.39. The summed E-state index contributed by atoms with van der Waals surface area (Å²) in [6.07, 6.45) is 4.38. The number of nitrogens with two attached hydrogens (primary N) is 1. The second kappa shape index (κ2) is 6.07. The molecule has 0 saturated heterocycles. The molecule has 2 N–H and O–H groups in total. The van der Waals surface area contributed by atoms with Gasteiger partial charge >= 0.3 is 0 Å². The van der Waals surface area contributed by atoms with Crippen molar-refractivity contribution in [2.45, 2.75) is 31.8 Å². The Morgan fingerprint density at radius 3 is 2.77 bits per heavy atom. The van der Waals surface area contributed by atoms with E-state index >= 15 is 0 Å². The fourth-order valence-electron chi connectivity index (χ4n) is 2.24. The Labute approximate surface area is 128 Å². The smallest absolute Gasteiger partial charge is 0.236 e. The lowest BCUT2D eigenvalue weighted by Gasteiger charge is -2.20. The summed E-state index contributed by atoms with van der Waals surface area (Å²) in [4.78, 5) is 3.89. The van der Waals surface area contributed by atoms with Crippen molar-refractivity contribution in [2.75, 3.05) is 0 Å². The maximum absolute atomic E-state index is 6.35. The van der Waals surface area contributed by atoms with Crippen molar-refractivity contribution in [1.82, 2.24) is 25.0 Å². The summed E-state index contributed by atoms with van der Waals surface area (Å²) in [5, 5.41) is 12.2. The summed E-state index contributed by atoms with van der Waals surface area (Å²) >= 11 is 0. The van der Waals surface area contributed by atoms with Gasteiger partial charge in [-0.2, -0.15) is 5.10 Å². The molecule has 7 nitrogen and oxygen atoms in total. The number of aromatic nitrogens is 5. The largest absolute Gasteiger partial charge is 0.423 e. The molecule has 0 aliphatic rings. The van der Waals surface area contributed by atoms with E-state index in [4.69, 9.17) is 10.2 Å². The van der Waals surface area contributed by atoms with E-state index in [0.717, 1.165) is 5.56 Å². The van der Waals surface area contributed by atoms with Crippen molar-refractivity contribution in [3.05, 3.63) is 60.3 Å². The fraction of sp³-hybridized carbons (Fsp3) is 0.333. The average molecular weight is 298 g/mol. The van der Waals surface area contributed by atoms with E-state index in [1.807, 2.05) is 37.3 Å². The highest BCUT2D eigenvalue weighted by molar-refractivity contribution is 5.19. The Hall–Kier alpha value is -2.54. The highest BCUT2D eigenvalue weighted by Crippen LogP contribution is 2.21. The molecule has 1 atom stereocenters. The Kier molecular flexibility index (Phi) is 3.97. The minimum Gasteiger partial charge on any atom is -0.423 e. The maximum Gasteiger partial charge on any atom is 0.236 e. The van der Waals surface area contributed by atoms with E-state index in [0.29, 0.717) is 31.2 Å². The van der Waals surface area contributed by atoms with E-state index in [-0.39, 0.29) is 0 Å². The third-order valence-electron chi connectivity index (χ3n) is 3.39. The summed E-state index contributed by atoms with van der Waals surface area (Å²) in [6.45, 7) is 2.54. The van der Waals surface area contributed by atoms with Crippen LogP contribution in [-0.2, 0) is 24.9 Å². The van der Waals surface area contributed by atoms with Crippen LogP contribution in [0, 0.1) is 0 Å². The van der Waals surface area contributed by atoms with E-state index in [9.17, 15) is 0 Å². The predicted molar refractivity (Wildman–Crippen MR) is 79.7 cm³/mol. The standard InChI is InChI=1S/C15H18N6O/c1-15(16,9-12-5-3-2-4-6-12)14-20-19-13(22-14)7-8-21-11-17-10-18-21/h2-6,10-11H,7-9,16H2,1H3/t15-/m1/s1. The SMILES string of the molecule is C[C@@](N)(Cc1ccccc1)c1nnc(CCn2cncn2)o1. The van der Waals surface area contributed by atoms with Gasteiger partial charge < -0.3 is 10.2 Å². The highest BCUT2D eigenvalue weighted by Gasteiger charge is 2.28. The van der Waals surface area contributed by atoms with Crippen LogP contribution >= 0.6 is 0 Å². The molecule has 0 fully saturated rings. The molecule has 0 aliphatic carbocycles. The van der Waals surface area contributed by atoms with Crippen LogP contribution < -0.4 is 5.73 Å². The predicted octanol–water partition coefficient (Wildman–Crippen LogP) is 1.32. The second-order valence-electron chi connectivity index (χ2n) is 5.49. The van der Waals surface area contributed by atoms with Crippen LogP contribution in [0.2, 0.25) is 0 Å². The normalized spacial score (nSPS) is 13.9. The van der Waals surface area contributed by atoms with Gasteiger partial charge in [0.15, 0.2) is 0 Å². The number of hydrogen-bond acceptors (Lipinski definition) is 6. The van der Waals surface area contributed by atoms with Crippen LogP contribution in [0.5, 0.6) is 0 Å². The van der Waals surface area contributed by atoms with Gasteiger partial charge in [-0.05, 0) is 18.9 Å². The topological polar surface area (TPSA) is 95.7 Å². The Morgan fingerprint density at radius 1 is 1.23 bits per heavy atom. The number of benzene rings is 1. The first-order valence-electron chi connectivity index (χ1n) is 7.11. The first-order chi connectivity index (χ1) is 10.6. The zero-order chi connectivity index (χ0) is 15.4. The van der Waals surface area contributed by atoms with Gasteiger partial charge in [-0.1, -0.05) is 30.3 Å². The molecule has 0 aliphatic heterocycles. The van der Waals surface area contributed by atoms with Crippen molar-refractivity contribution in [2.24, 2.45) is 5.73 Å². The van der Waals surface area contributed by atoms with E-state index in [2.05, 4.69) is 20.3 Å². The molecule has 22 heavy (non-hydrogen) atoms. The molecule has 0 unspecified atom stereocenters. The molecular formula is C15H18N6O. The number of aryl methyl sites for hydroxylation is 2. The van der Waals surface area contributed by atoms with Crippen molar-refractivity contribution in [3.63, 3.8) is 0 Å². The van der Waals surface area contributed by atoms with Crippen molar-refractivity contribution < 1.29 is 4.42 Å². The number of rotatable bonds is 6. The van der Waals surface area contributed by atoms with Gasteiger partial charge in [0.2, 0.25) is 11.8 Å². The lowest BCUT2D eigenvalue weighted by Crippen LogP contribution is -2.35. The molecule has 7 heteroatoms. The molecule has 3 aromatic rings. The number of hydrogen-bond donors (Lipinski definition) is 1. The maximum atomic E-state index is 6.35. The van der Waals surface area contributed by atoms with Gasteiger partial charge in [-0.25, -0.2) is 4.98 Å². The quantitative estimate of drug-likeness (QED) is 0.737. The lowest BCUT2D eigenvalue weighted by molar-refractivity contribution is 0.333. The lowest BCUT2D eigenvalue weighted by atomic mass is 9.94. The minimum absolute atomic E-state index is 0.449. The summed E-state index contributed by atoms with van der Waals surface area (Å²) in [6, 6.07) is 10.0. The molecule has 0 radical (unpaired) electrons. The number of nitrogens with zero attached hydrogens (tertiary/aromatic N) is 5. The molecule has 0 spiro atoms. The Balaban J connectivity index is 1.66. The summed E-state index contributed by atoms with van der Waals surface area (Å²) in [5.74, 6) is 1.00. The first-order valence-corrected chi connectivity index (χ1v) is 7.11. The molecular weight excluding hydrogens is 280 g/mol. The van der Waals surface area contributed by atoms with Gasteiger partial charge in [-0.3, -0.25) is 4.68 Å². The van der Waals surface area contributed by atoms with Crippen LogP contribution in [0.15, 0.2) is 47.4 Å². The molecule has 2 aromatic heterocycles. The van der Waals surface area contributed by atoms with Gasteiger partial charge in [0.1, 0.15) is 12.7 Å². The van der Waals surface area contributed by atoms with Crippen LogP contribution in [0.25, 0.3) is 0 Å². The monoisotopic (exact) mass is 298 g/mol. The van der Waals surface area contributed by atoms with Crippen molar-refractivity contribution >= 4 is 0 Å². The molecule has 2 heterocycles. The molecule has 0 amide bonds. The van der Waals surface area contributed by atoms with Crippen molar-refractivity contribution in [1.29, 1.82) is 0 Å². The van der Waals surface area contributed by atoms with Crippen LogP contribution in [0.1, 0.15) is 24.3 Å². The molecule has 114 valence electrons. The molecule has 3 rings (SSSR count). The van der Waals surface area contributed by atoms with Crippen LogP contribution in [0.3, 0.4) is 0 Å². The third kappa shape index (κ3) is 3.37. The van der Waals surface area contributed by atoms with Gasteiger partial charge in [0, 0.05) is 6.42 Å². The van der Waals surface area contributed by atoms with Gasteiger partial charge in [0.05, 0.1) is 12.1 Å². The average Bonchev–Trinajstić information content (AvgIpc) is 3.18. The van der Waals surface area contributed by atoms with Crippen LogP contribution in [-0.4, -0.2) is 25.0 Å². The second-order valence-corrected chi connectivity index (χ2v) is 5.49. The van der Waals surface area contributed by atoms with Gasteiger partial charge in [0.25, 0.3) is 0 Å². The fourth-order valence-corrected chi connectivity index (χ4v) is 2.24. The van der Waals surface area contributed by atoms with E-state index in [1.54, 1.807) is 11.0 Å². The van der Waals surface area contributed by atoms with E-state index < -0.39 is 5.54 Å². The zero-order valence-electron chi connectivity index (χ0n) is 12.4. The van der Waals surface area contributed by atoms with Crippen molar-refractivity contribution in [3.8, 4) is 0 Å². The Bertz CT molecular complexity index is 705. The van der Waals surface area contributed by atoms with Crippen LogP contribution in [0.4, 0.5) is 0 Å².